The van der Waals surface area contributed by atoms with E-state index >= 15 is 0 Å². The Kier molecular flexibility index (Phi) is 5.57. The van der Waals surface area contributed by atoms with Crippen LogP contribution in [0.15, 0.2) is 4.52 Å². The van der Waals surface area contributed by atoms with Gasteiger partial charge in [0.2, 0.25) is 15.9 Å². The third kappa shape index (κ3) is 4.12. The number of carbonyl (C=O) groups is 1. The number of aromatic nitrogens is 2. The predicted octanol–water partition coefficient (Wildman–Crippen LogP) is 2.03. The standard InChI is InChI=1S/C15H24N4O5S/c20-15(21)16-10-13-17-14(24-18-13)12-8-4-5-9-19(12)25(22,23)11-6-2-1-3-7-11/h11-12,16H,1-10H2,(H,20,21). The maximum absolute atomic E-state index is 13.1. The lowest BCUT2D eigenvalue weighted by molar-refractivity contribution is 0.193. The summed E-state index contributed by atoms with van der Waals surface area (Å²) in [6, 6.07) is -0.452. The Hall–Kier alpha value is -1.68. The van der Waals surface area contributed by atoms with Gasteiger partial charge in [-0.2, -0.15) is 9.29 Å². The van der Waals surface area contributed by atoms with Crippen LogP contribution in [-0.4, -0.2) is 45.9 Å². The molecule has 1 aromatic heterocycles. The lowest BCUT2D eigenvalue weighted by Crippen LogP contribution is -2.44. The molecule has 0 bridgehead atoms. The molecule has 2 N–H and O–H groups in total. The van der Waals surface area contributed by atoms with Crippen molar-refractivity contribution in [1.29, 1.82) is 0 Å². The Bertz CT molecular complexity index is 699. The maximum Gasteiger partial charge on any atom is 0.405 e. The summed E-state index contributed by atoms with van der Waals surface area (Å²) >= 11 is 0. The molecule has 140 valence electrons. The number of carboxylic acid groups (broad SMARTS) is 1. The molecule has 1 saturated carbocycles. The molecule has 0 spiro atoms. The number of amides is 1. The second kappa shape index (κ2) is 7.69. The fourth-order valence-electron chi connectivity index (χ4n) is 3.64. The molecule has 10 heteroatoms. The maximum atomic E-state index is 13.1. The molecule has 2 aliphatic rings. The van der Waals surface area contributed by atoms with Crippen LogP contribution in [0.25, 0.3) is 0 Å². The lowest BCUT2D eigenvalue weighted by Gasteiger charge is -2.36. The van der Waals surface area contributed by atoms with Gasteiger partial charge in [-0.05, 0) is 25.7 Å². The van der Waals surface area contributed by atoms with E-state index in [1.807, 2.05) is 0 Å². The number of hydrogen-bond donors (Lipinski definition) is 2. The van der Waals surface area contributed by atoms with Crippen LogP contribution in [0.1, 0.15) is 69.1 Å². The Balaban J connectivity index is 1.77. The molecule has 1 unspecified atom stereocenters. The van der Waals surface area contributed by atoms with Gasteiger partial charge in [-0.15, -0.1) is 0 Å². The van der Waals surface area contributed by atoms with Gasteiger partial charge in [-0.3, -0.25) is 0 Å². The summed E-state index contributed by atoms with van der Waals surface area (Å²) in [5.41, 5.74) is 0. The van der Waals surface area contributed by atoms with Crippen LogP contribution in [-0.2, 0) is 16.6 Å². The highest BCUT2D eigenvalue weighted by molar-refractivity contribution is 7.89. The zero-order valence-corrected chi connectivity index (χ0v) is 14.9. The van der Waals surface area contributed by atoms with Crippen molar-refractivity contribution in [2.45, 2.75) is 69.2 Å². The van der Waals surface area contributed by atoms with Gasteiger partial charge in [0.05, 0.1) is 11.8 Å². The highest BCUT2D eigenvalue weighted by Crippen LogP contribution is 2.36. The lowest BCUT2D eigenvalue weighted by atomic mass is 10.0. The second-order valence-corrected chi connectivity index (χ2v) is 8.80. The van der Waals surface area contributed by atoms with E-state index in [2.05, 4.69) is 15.5 Å². The first-order valence-electron chi connectivity index (χ1n) is 8.78. The fraction of sp³-hybridized carbons (Fsp3) is 0.800. The second-order valence-electron chi connectivity index (χ2n) is 6.63. The SMILES string of the molecule is O=C(O)NCc1noc(C2CCCCN2S(=O)(=O)C2CCCCC2)n1. The first-order valence-corrected chi connectivity index (χ1v) is 10.3. The van der Waals surface area contributed by atoms with E-state index in [0.29, 0.717) is 25.8 Å². The average Bonchev–Trinajstić information content (AvgIpc) is 3.10. The summed E-state index contributed by atoms with van der Waals surface area (Å²) in [4.78, 5) is 14.8. The summed E-state index contributed by atoms with van der Waals surface area (Å²) in [7, 11) is -3.40. The molecule has 1 amide bonds. The number of nitrogens with one attached hydrogen (secondary N) is 1. The van der Waals surface area contributed by atoms with Crippen LogP contribution in [0.3, 0.4) is 0 Å². The number of hydrogen-bond acceptors (Lipinski definition) is 6. The highest BCUT2D eigenvalue weighted by atomic mass is 32.2. The van der Waals surface area contributed by atoms with Crippen molar-refractivity contribution in [1.82, 2.24) is 19.8 Å². The zero-order chi connectivity index (χ0) is 17.9. The van der Waals surface area contributed by atoms with Gasteiger partial charge in [0, 0.05) is 6.54 Å². The van der Waals surface area contributed by atoms with E-state index in [4.69, 9.17) is 9.63 Å². The molecule has 2 fully saturated rings. The van der Waals surface area contributed by atoms with Gasteiger partial charge in [-0.1, -0.05) is 30.8 Å². The minimum atomic E-state index is -3.40. The van der Waals surface area contributed by atoms with Crippen LogP contribution < -0.4 is 5.32 Å². The van der Waals surface area contributed by atoms with Crippen molar-refractivity contribution in [3.05, 3.63) is 11.7 Å². The molecule has 3 rings (SSSR count). The van der Waals surface area contributed by atoms with Gasteiger partial charge in [0.25, 0.3) is 0 Å². The molecule has 9 nitrogen and oxygen atoms in total. The number of sulfonamides is 1. The van der Waals surface area contributed by atoms with Crippen LogP contribution >= 0.6 is 0 Å². The molecule has 0 aromatic carbocycles. The smallest absolute Gasteiger partial charge is 0.405 e. The summed E-state index contributed by atoms with van der Waals surface area (Å²) < 4.78 is 33.0. The molecule has 0 radical (unpaired) electrons. The topological polar surface area (TPSA) is 126 Å². The Morgan fingerprint density at radius 1 is 1.20 bits per heavy atom. The molecule has 1 aromatic rings. The quantitative estimate of drug-likeness (QED) is 0.810. The molecule has 25 heavy (non-hydrogen) atoms. The normalized spacial score (nSPS) is 23.4. The first kappa shape index (κ1) is 18.1. The zero-order valence-electron chi connectivity index (χ0n) is 14.1. The van der Waals surface area contributed by atoms with Crippen molar-refractivity contribution in [3.63, 3.8) is 0 Å². The summed E-state index contributed by atoms with van der Waals surface area (Å²) in [5.74, 6) is 0.458. The van der Waals surface area contributed by atoms with Crippen molar-refractivity contribution in [2.24, 2.45) is 0 Å². The minimum Gasteiger partial charge on any atom is -0.465 e. The molecule has 1 saturated heterocycles. The third-order valence-corrected chi connectivity index (χ3v) is 7.33. The fourth-order valence-corrected chi connectivity index (χ4v) is 5.89. The average molecular weight is 372 g/mol. The van der Waals surface area contributed by atoms with Gasteiger partial charge in [-0.25, -0.2) is 13.2 Å². The summed E-state index contributed by atoms with van der Waals surface area (Å²) in [6.45, 7) is 0.398. The van der Waals surface area contributed by atoms with Crippen LogP contribution in [0.4, 0.5) is 4.79 Å². The van der Waals surface area contributed by atoms with Crippen LogP contribution in [0.5, 0.6) is 0 Å². The van der Waals surface area contributed by atoms with Crippen LogP contribution in [0.2, 0.25) is 0 Å². The Morgan fingerprint density at radius 3 is 2.64 bits per heavy atom. The van der Waals surface area contributed by atoms with Gasteiger partial charge < -0.3 is 14.9 Å². The van der Waals surface area contributed by atoms with Crippen molar-refractivity contribution < 1.29 is 22.8 Å². The molecule has 1 aliphatic heterocycles. The van der Waals surface area contributed by atoms with E-state index in [1.54, 1.807) is 0 Å². The van der Waals surface area contributed by atoms with Crippen molar-refractivity contribution in [2.75, 3.05) is 6.54 Å². The first-order chi connectivity index (χ1) is 12.0. The van der Waals surface area contributed by atoms with E-state index < -0.39 is 22.2 Å². The van der Waals surface area contributed by atoms with E-state index in [-0.39, 0.29) is 23.5 Å². The van der Waals surface area contributed by atoms with E-state index in [0.717, 1.165) is 32.1 Å². The van der Waals surface area contributed by atoms with E-state index in [1.165, 1.54) is 4.31 Å². The van der Waals surface area contributed by atoms with Gasteiger partial charge >= 0.3 is 6.09 Å². The van der Waals surface area contributed by atoms with Crippen molar-refractivity contribution >= 4 is 16.1 Å². The molecular formula is C15H24N4O5S. The molecular weight excluding hydrogens is 348 g/mol. The van der Waals surface area contributed by atoms with Crippen molar-refractivity contribution in [3.8, 4) is 0 Å². The van der Waals surface area contributed by atoms with Gasteiger partial charge in [0.15, 0.2) is 5.82 Å². The molecule has 2 heterocycles. The largest absolute Gasteiger partial charge is 0.465 e. The Morgan fingerprint density at radius 2 is 1.92 bits per heavy atom. The summed E-state index contributed by atoms with van der Waals surface area (Å²) in [6.07, 6.45) is 5.61. The number of piperidine rings is 1. The predicted molar refractivity (Wildman–Crippen MR) is 88.3 cm³/mol. The highest BCUT2D eigenvalue weighted by Gasteiger charge is 2.41. The summed E-state index contributed by atoms with van der Waals surface area (Å²) in [5, 5.41) is 14.2. The monoisotopic (exact) mass is 372 g/mol. The van der Waals surface area contributed by atoms with Crippen LogP contribution in [0, 0.1) is 0 Å². The molecule has 1 aliphatic carbocycles. The minimum absolute atomic E-state index is 0.0685. The Labute approximate surface area is 146 Å². The van der Waals surface area contributed by atoms with E-state index in [9.17, 15) is 13.2 Å². The number of nitrogens with zero attached hydrogens (tertiary/aromatic N) is 3. The number of rotatable bonds is 5. The molecule has 1 atom stereocenters. The van der Waals surface area contributed by atoms with Gasteiger partial charge in [0.1, 0.15) is 6.04 Å². The third-order valence-electron chi connectivity index (χ3n) is 4.92.